The monoisotopic (exact) mass is 246 g/mol. The van der Waals surface area contributed by atoms with Crippen molar-refractivity contribution in [3.05, 3.63) is 65.0 Å². The first-order chi connectivity index (χ1) is 8.65. The van der Waals surface area contributed by atoms with Crippen LogP contribution in [0.4, 0.5) is 4.39 Å². The molecule has 0 radical (unpaired) electrons. The van der Waals surface area contributed by atoms with Crippen molar-refractivity contribution in [3.63, 3.8) is 0 Å². The van der Waals surface area contributed by atoms with Crippen molar-refractivity contribution in [2.75, 3.05) is 7.11 Å². The van der Waals surface area contributed by atoms with Gasteiger partial charge in [-0.2, -0.15) is 0 Å². The molecule has 1 N–H and O–H groups in total. The lowest BCUT2D eigenvalue weighted by atomic mass is 9.98. The van der Waals surface area contributed by atoms with Gasteiger partial charge in [-0.05, 0) is 24.1 Å². The van der Waals surface area contributed by atoms with Crippen LogP contribution in [0.2, 0.25) is 0 Å². The molecule has 0 amide bonds. The average Bonchev–Trinajstić information content (AvgIpc) is 2.41. The topological polar surface area (TPSA) is 29.5 Å². The molecular formula is C15H15FO2. The summed E-state index contributed by atoms with van der Waals surface area (Å²) in [7, 11) is 1.48. The van der Waals surface area contributed by atoms with Crippen molar-refractivity contribution in [1.82, 2.24) is 0 Å². The minimum atomic E-state index is -1.03. The number of rotatable bonds is 3. The van der Waals surface area contributed by atoms with Crippen LogP contribution in [0.5, 0.6) is 5.75 Å². The predicted molar refractivity (Wildman–Crippen MR) is 68.2 cm³/mol. The van der Waals surface area contributed by atoms with Crippen molar-refractivity contribution >= 4 is 0 Å². The van der Waals surface area contributed by atoms with Gasteiger partial charge in [-0.25, -0.2) is 4.39 Å². The molecular weight excluding hydrogens is 231 g/mol. The van der Waals surface area contributed by atoms with E-state index in [1.165, 1.54) is 13.2 Å². The van der Waals surface area contributed by atoms with Gasteiger partial charge in [0.05, 0.1) is 12.7 Å². The van der Waals surface area contributed by atoms with Gasteiger partial charge in [-0.1, -0.05) is 36.4 Å². The molecule has 0 heterocycles. The molecule has 2 aromatic carbocycles. The maximum atomic E-state index is 13.9. The van der Waals surface area contributed by atoms with Crippen molar-refractivity contribution in [3.8, 4) is 5.75 Å². The van der Waals surface area contributed by atoms with Crippen LogP contribution in [0.1, 0.15) is 22.8 Å². The number of aliphatic hydroxyl groups excluding tert-OH is 1. The summed E-state index contributed by atoms with van der Waals surface area (Å²) < 4.78 is 19.1. The largest absolute Gasteiger partial charge is 0.496 e. The van der Waals surface area contributed by atoms with Crippen LogP contribution in [0, 0.1) is 12.7 Å². The molecule has 2 rings (SSSR count). The van der Waals surface area contributed by atoms with Gasteiger partial charge < -0.3 is 9.84 Å². The van der Waals surface area contributed by atoms with E-state index >= 15 is 0 Å². The Morgan fingerprint density at radius 2 is 1.78 bits per heavy atom. The summed E-state index contributed by atoms with van der Waals surface area (Å²) in [6.07, 6.45) is -1.03. The lowest BCUT2D eigenvalue weighted by Crippen LogP contribution is -2.06. The van der Waals surface area contributed by atoms with E-state index in [2.05, 4.69) is 0 Å². The second-order valence-corrected chi connectivity index (χ2v) is 4.12. The zero-order valence-corrected chi connectivity index (χ0v) is 10.4. The van der Waals surface area contributed by atoms with Crippen LogP contribution in [-0.4, -0.2) is 12.2 Å². The Morgan fingerprint density at radius 1 is 1.11 bits per heavy atom. The number of halogens is 1. The maximum Gasteiger partial charge on any atom is 0.133 e. The molecule has 0 saturated carbocycles. The van der Waals surface area contributed by atoms with E-state index in [0.29, 0.717) is 11.3 Å². The van der Waals surface area contributed by atoms with Gasteiger partial charge in [0.25, 0.3) is 0 Å². The summed E-state index contributed by atoms with van der Waals surface area (Å²) in [4.78, 5) is 0. The highest BCUT2D eigenvalue weighted by atomic mass is 19.1. The van der Waals surface area contributed by atoms with Crippen LogP contribution >= 0.6 is 0 Å². The van der Waals surface area contributed by atoms with Crippen LogP contribution in [0.25, 0.3) is 0 Å². The van der Waals surface area contributed by atoms with E-state index in [1.807, 2.05) is 13.0 Å². The summed E-state index contributed by atoms with van der Waals surface area (Å²) in [5.74, 6) is -0.0693. The summed E-state index contributed by atoms with van der Waals surface area (Å²) in [5.41, 5.74) is 1.62. The zero-order valence-electron chi connectivity index (χ0n) is 10.4. The van der Waals surface area contributed by atoms with Gasteiger partial charge in [-0.15, -0.1) is 0 Å². The van der Waals surface area contributed by atoms with E-state index in [9.17, 15) is 9.50 Å². The maximum absolute atomic E-state index is 13.9. The fourth-order valence-electron chi connectivity index (χ4n) is 2.01. The number of benzene rings is 2. The predicted octanol–water partition coefficient (Wildman–Crippen LogP) is 3.22. The Kier molecular flexibility index (Phi) is 3.63. The molecule has 2 nitrogen and oxygen atoms in total. The van der Waals surface area contributed by atoms with Gasteiger partial charge >= 0.3 is 0 Å². The Morgan fingerprint density at radius 3 is 2.39 bits per heavy atom. The fraction of sp³-hybridized carbons (Fsp3) is 0.200. The van der Waals surface area contributed by atoms with Crippen LogP contribution in [0.3, 0.4) is 0 Å². The Balaban J connectivity index is 2.54. The summed E-state index contributed by atoms with van der Waals surface area (Å²) in [6, 6.07) is 11.9. The van der Waals surface area contributed by atoms with Gasteiger partial charge in [0.2, 0.25) is 0 Å². The Labute approximate surface area is 106 Å². The van der Waals surface area contributed by atoms with Gasteiger partial charge in [-0.3, -0.25) is 0 Å². The van der Waals surface area contributed by atoms with Crippen molar-refractivity contribution in [1.29, 1.82) is 0 Å². The van der Waals surface area contributed by atoms with Crippen molar-refractivity contribution in [2.24, 2.45) is 0 Å². The molecule has 18 heavy (non-hydrogen) atoms. The highest BCUT2D eigenvalue weighted by Gasteiger charge is 2.21. The molecule has 0 saturated heterocycles. The molecule has 0 aliphatic heterocycles. The fourth-order valence-corrected chi connectivity index (χ4v) is 2.01. The molecule has 1 atom stereocenters. The van der Waals surface area contributed by atoms with Gasteiger partial charge in [0.1, 0.15) is 17.7 Å². The number of ether oxygens (including phenoxy) is 1. The molecule has 0 fully saturated rings. The normalized spacial score (nSPS) is 12.2. The van der Waals surface area contributed by atoms with Gasteiger partial charge in [0, 0.05) is 0 Å². The highest BCUT2D eigenvalue weighted by molar-refractivity contribution is 5.46. The lowest BCUT2D eigenvalue weighted by Gasteiger charge is -2.17. The Bertz CT molecular complexity index is 538. The van der Waals surface area contributed by atoms with Crippen LogP contribution in [-0.2, 0) is 0 Å². The smallest absolute Gasteiger partial charge is 0.133 e. The van der Waals surface area contributed by atoms with E-state index < -0.39 is 11.9 Å². The molecule has 2 aromatic rings. The third-order valence-electron chi connectivity index (χ3n) is 2.93. The number of hydrogen-bond acceptors (Lipinski definition) is 2. The van der Waals surface area contributed by atoms with Gasteiger partial charge in [0.15, 0.2) is 0 Å². The first-order valence-corrected chi connectivity index (χ1v) is 5.71. The van der Waals surface area contributed by atoms with E-state index in [-0.39, 0.29) is 5.56 Å². The lowest BCUT2D eigenvalue weighted by molar-refractivity contribution is 0.208. The minimum absolute atomic E-state index is 0.184. The van der Waals surface area contributed by atoms with Crippen LogP contribution < -0.4 is 4.74 Å². The number of hydrogen-bond donors (Lipinski definition) is 1. The molecule has 0 aliphatic rings. The van der Waals surface area contributed by atoms with E-state index in [0.717, 1.165) is 5.56 Å². The molecule has 3 heteroatoms. The molecule has 0 bridgehead atoms. The quantitative estimate of drug-likeness (QED) is 0.901. The molecule has 0 aliphatic carbocycles. The molecule has 1 unspecified atom stereocenters. The van der Waals surface area contributed by atoms with E-state index in [4.69, 9.17) is 4.74 Å². The minimum Gasteiger partial charge on any atom is -0.496 e. The van der Waals surface area contributed by atoms with E-state index in [1.54, 1.807) is 30.3 Å². The molecule has 0 aromatic heterocycles. The third-order valence-corrected chi connectivity index (χ3v) is 2.93. The molecule has 0 spiro atoms. The third kappa shape index (κ3) is 2.22. The van der Waals surface area contributed by atoms with Crippen molar-refractivity contribution in [2.45, 2.75) is 13.0 Å². The molecule has 94 valence electrons. The number of aliphatic hydroxyl groups is 1. The average molecular weight is 246 g/mol. The number of methoxy groups -OCH3 is 1. The highest BCUT2D eigenvalue weighted by Crippen LogP contribution is 2.34. The second-order valence-electron chi connectivity index (χ2n) is 4.12. The standard InChI is InChI=1S/C15H15FO2/c1-10-8-9-12(16)13(15(10)18-2)14(17)11-6-4-3-5-7-11/h3-9,14,17H,1-2H3. The SMILES string of the molecule is COc1c(C)ccc(F)c1C(O)c1ccccc1. The first kappa shape index (κ1) is 12.6. The summed E-state index contributed by atoms with van der Waals surface area (Å²) in [5, 5.41) is 10.3. The van der Waals surface area contributed by atoms with Crippen LogP contribution in [0.15, 0.2) is 42.5 Å². The zero-order chi connectivity index (χ0) is 13.1. The number of aryl methyl sites for hydroxylation is 1. The summed E-state index contributed by atoms with van der Waals surface area (Å²) >= 11 is 0. The first-order valence-electron chi connectivity index (χ1n) is 5.71. The second kappa shape index (κ2) is 5.19. The Hall–Kier alpha value is -1.87. The summed E-state index contributed by atoms with van der Waals surface area (Å²) in [6.45, 7) is 1.82. The van der Waals surface area contributed by atoms with Crippen molar-refractivity contribution < 1.29 is 14.2 Å².